The predicted octanol–water partition coefficient (Wildman–Crippen LogP) is 3.06. The molecular formula is C12H12ClF4NO2. The van der Waals surface area contributed by atoms with Crippen molar-refractivity contribution in [1.82, 2.24) is 5.32 Å². The van der Waals surface area contributed by atoms with Gasteiger partial charge in [-0.05, 0) is 17.7 Å². The minimum atomic E-state index is -4.40. The molecule has 1 N–H and O–H groups in total. The van der Waals surface area contributed by atoms with Crippen LogP contribution in [0.2, 0.25) is 5.02 Å². The number of halogens is 5. The van der Waals surface area contributed by atoms with E-state index in [1.807, 2.05) is 0 Å². The third kappa shape index (κ3) is 6.72. The standard InChI is InChI=1S/C12H12ClF4NO2/c13-9-5-8(1-2-10(9)14)6-18-11(19)3-4-20-7-12(15,16)17/h1-2,5H,3-4,6-7H2,(H,18,19). The largest absolute Gasteiger partial charge is 0.411 e. The number of rotatable bonds is 6. The molecule has 3 nitrogen and oxygen atoms in total. The van der Waals surface area contributed by atoms with Crippen LogP contribution in [-0.4, -0.2) is 25.3 Å². The maximum absolute atomic E-state index is 12.9. The Balaban J connectivity index is 2.24. The molecule has 0 spiro atoms. The van der Waals surface area contributed by atoms with Crippen LogP contribution in [0.5, 0.6) is 0 Å². The van der Waals surface area contributed by atoms with Crippen molar-refractivity contribution in [3.8, 4) is 0 Å². The van der Waals surface area contributed by atoms with Gasteiger partial charge in [-0.1, -0.05) is 17.7 Å². The van der Waals surface area contributed by atoms with Gasteiger partial charge in [-0.15, -0.1) is 0 Å². The minimum Gasteiger partial charge on any atom is -0.372 e. The smallest absolute Gasteiger partial charge is 0.372 e. The minimum absolute atomic E-state index is 0.0646. The summed E-state index contributed by atoms with van der Waals surface area (Å²) in [7, 11) is 0. The number of hydrogen-bond acceptors (Lipinski definition) is 2. The van der Waals surface area contributed by atoms with Crippen molar-refractivity contribution in [3.05, 3.63) is 34.6 Å². The molecule has 1 rings (SSSR count). The normalized spacial score (nSPS) is 11.4. The Morgan fingerprint density at radius 3 is 2.65 bits per heavy atom. The summed E-state index contributed by atoms with van der Waals surface area (Å²) in [5.74, 6) is -1.03. The molecule has 8 heteroatoms. The molecule has 1 amide bonds. The number of ether oxygens (including phenoxy) is 1. The quantitative estimate of drug-likeness (QED) is 0.647. The Morgan fingerprint density at radius 2 is 2.05 bits per heavy atom. The summed E-state index contributed by atoms with van der Waals surface area (Å²) >= 11 is 5.56. The van der Waals surface area contributed by atoms with E-state index in [2.05, 4.69) is 10.1 Å². The molecule has 0 fully saturated rings. The fourth-order valence-corrected chi connectivity index (χ4v) is 1.49. The number of benzene rings is 1. The van der Waals surface area contributed by atoms with E-state index in [1.165, 1.54) is 12.1 Å². The van der Waals surface area contributed by atoms with E-state index in [4.69, 9.17) is 11.6 Å². The van der Waals surface area contributed by atoms with Crippen LogP contribution in [0.15, 0.2) is 18.2 Å². The summed E-state index contributed by atoms with van der Waals surface area (Å²) in [5, 5.41) is 2.40. The first-order valence-electron chi connectivity index (χ1n) is 5.63. The first-order valence-corrected chi connectivity index (χ1v) is 6.01. The van der Waals surface area contributed by atoms with E-state index < -0.39 is 24.5 Å². The van der Waals surface area contributed by atoms with Crippen molar-refractivity contribution in [2.24, 2.45) is 0 Å². The van der Waals surface area contributed by atoms with Crippen molar-refractivity contribution in [2.75, 3.05) is 13.2 Å². The second-order valence-electron chi connectivity index (χ2n) is 3.94. The maximum atomic E-state index is 12.9. The highest BCUT2D eigenvalue weighted by atomic mass is 35.5. The van der Waals surface area contributed by atoms with Gasteiger partial charge in [-0.3, -0.25) is 4.79 Å². The zero-order valence-corrected chi connectivity index (χ0v) is 11.0. The van der Waals surface area contributed by atoms with Crippen LogP contribution in [0.25, 0.3) is 0 Å². The van der Waals surface area contributed by atoms with Gasteiger partial charge in [0.2, 0.25) is 5.91 Å². The van der Waals surface area contributed by atoms with Crippen LogP contribution >= 0.6 is 11.6 Å². The molecule has 0 aliphatic carbocycles. The number of carbonyl (C=O) groups is 1. The van der Waals surface area contributed by atoms with Crippen LogP contribution in [-0.2, 0) is 16.1 Å². The zero-order chi connectivity index (χ0) is 15.2. The van der Waals surface area contributed by atoms with Gasteiger partial charge in [0.15, 0.2) is 0 Å². The van der Waals surface area contributed by atoms with E-state index in [0.717, 1.165) is 6.07 Å². The van der Waals surface area contributed by atoms with Crippen LogP contribution in [0.3, 0.4) is 0 Å². The van der Waals surface area contributed by atoms with E-state index in [0.29, 0.717) is 5.56 Å². The summed E-state index contributed by atoms with van der Waals surface area (Å²) in [4.78, 5) is 11.3. The van der Waals surface area contributed by atoms with Crippen molar-refractivity contribution in [2.45, 2.75) is 19.1 Å². The number of amides is 1. The van der Waals surface area contributed by atoms with Gasteiger partial charge in [-0.25, -0.2) is 4.39 Å². The van der Waals surface area contributed by atoms with Gasteiger partial charge in [0.1, 0.15) is 12.4 Å². The second kappa shape index (κ2) is 7.44. The highest BCUT2D eigenvalue weighted by Crippen LogP contribution is 2.16. The lowest BCUT2D eigenvalue weighted by molar-refractivity contribution is -0.174. The molecule has 20 heavy (non-hydrogen) atoms. The molecule has 0 heterocycles. The molecule has 0 saturated heterocycles. The molecule has 0 atom stereocenters. The van der Waals surface area contributed by atoms with Crippen LogP contribution in [0, 0.1) is 5.82 Å². The van der Waals surface area contributed by atoms with Crippen LogP contribution < -0.4 is 5.32 Å². The molecular weight excluding hydrogens is 302 g/mol. The summed E-state index contributed by atoms with van der Waals surface area (Å²) < 4.78 is 52.4. The molecule has 0 bridgehead atoms. The predicted molar refractivity (Wildman–Crippen MR) is 64.7 cm³/mol. The molecule has 0 aliphatic heterocycles. The lowest BCUT2D eigenvalue weighted by Crippen LogP contribution is -2.25. The second-order valence-corrected chi connectivity index (χ2v) is 4.35. The number of carbonyl (C=O) groups excluding carboxylic acids is 1. The van der Waals surface area contributed by atoms with E-state index in [-0.39, 0.29) is 24.6 Å². The maximum Gasteiger partial charge on any atom is 0.411 e. The third-order valence-electron chi connectivity index (χ3n) is 2.21. The number of alkyl halides is 3. The topological polar surface area (TPSA) is 38.3 Å². The Bertz CT molecular complexity index is 465. The molecule has 0 radical (unpaired) electrons. The Hall–Kier alpha value is -1.34. The van der Waals surface area contributed by atoms with E-state index in [1.54, 1.807) is 0 Å². The average molecular weight is 314 g/mol. The molecule has 112 valence electrons. The Labute approximate surface area is 117 Å². The average Bonchev–Trinajstić information content (AvgIpc) is 2.35. The first-order chi connectivity index (χ1) is 9.28. The summed E-state index contributed by atoms with van der Waals surface area (Å²) in [6, 6.07) is 3.97. The van der Waals surface area contributed by atoms with Crippen molar-refractivity contribution in [1.29, 1.82) is 0 Å². The number of hydrogen-bond donors (Lipinski definition) is 1. The van der Waals surface area contributed by atoms with E-state index in [9.17, 15) is 22.4 Å². The van der Waals surface area contributed by atoms with E-state index >= 15 is 0 Å². The van der Waals surface area contributed by atoms with Crippen molar-refractivity contribution >= 4 is 17.5 Å². The summed E-state index contributed by atoms with van der Waals surface area (Å²) in [6.45, 7) is -1.60. The van der Waals surface area contributed by atoms with Gasteiger partial charge < -0.3 is 10.1 Å². The van der Waals surface area contributed by atoms with Crippen LogP contribution in [0.4, 0.5) is 17.6 Å². The first kappa shape index (κ1) is 16.7. The van der Waals surface area contributed by atoms with Crippen molar-refractivity contribution in [3.63, 3.8) is 0 Å². The highest BCUT2D eigenvalue weighted by Gasteiger charge is 2.27. The Morgan fingerprint density at radius 1 is 1.35 bits per heavy atom. The van der Waals surface area contributed by atoms with Gasteiger partial charge >= 0.3 is 6.18 Å². The Kier molecular flexibility index (Phi) is 6.22. The van der Waals surface area contributed by atoms with Gasteiger partial charge in [0.25, 0.3) is 0 Å². The number of nitrogens with one attached hydrogen (secondary N) is 1. The fourth-order valence-electron chi connectivity index (χ4n) is 1.29. The molecule has 0 aliphatic rings. The lowest BCUT2D eigenvalue weighted by Gasteiger charge is -2.08. The third-order valence-corrected chi connectivity index (χ3v) is 2.50. The lowest BCUT2D eigenvalue weighted by atomic mass is 10.2. The zero-order valence-electron chi connectivity index (χ0n) is 10.3. The molecule has 1 aromatic rings. The molecule has 0 aromatic heterocycles. The monoisotopic (exact) mass is 313 g/mol. The molecule has 0 unspecified atom stereocenters. The molecule has 0 saturated carbocycles. The molecule has 1 aromatic carbocycles. The van der Waals surface area contributed by atoms with Gasteiger partial charge in [-0.2, -0.15) is 13.2 Å². The summed E-state index contributed by atoms with van der Waals surface area (Å²) in [6.07, 6.45) is -4.59. The van der Waals surface area contributed by atoms with Crippen LogP contribution in [0.1, 0.15) is 12.0 Å². The SMILES string of the molecule is O=C(CCOCC(F)(F)F)NCc1ccc(F)c(Cl)c1. The fraction of sp³-hybridized carbons (Fsp3) is 0.417. The van der Waals surface area contributed by atoms with Crippen molar-refractivity contribution < 1.29 is 27.1 Å². The highest BCUT2D eigenvalue weighted by molar-refractivity contribution is 6.30. The van der Waals surface area contributed by atoms with Gasteiger partial charge in [0, 0.05) is 13.0 Å². The van der Waals surface area contributed by atoms with Gasteiger partial charge in [0.05, 0.1) is 11.6 Å². The summed E-state index contributed by atoms with van der Waals surface area (Å²) in [5.41, 5.74) is 0.584.